The molecule has 1 aromatic rings. The molecule has 1 rings (SSSR count). The van der Waals surface area contributed by atoms with Crippen molar-refractivity contribution in [3.8, 4) is 5.75 Å². The molecule has 3 heteroatoms. The highest BCUT2D eigenvalue weighted by molar-refractivity contribution is 5.36. The first kappa shape index (κ1) is 14.0. The molecule has 96 valence electrons. The summed E-state index contributed by atoms with van der Waals surface area (Å²) in [5, 5.41) is 3.34. The molecular weight excluding hydrogens is 212 g/mol. The number of para-hydroxylation sites is 1. The second kappa shape index (κ2) is 6.62. The molecule has 17 heavy (non-hydrogen) atoms. The molecule has 0 radical (unpaired) electrons. The maximum absolute atomic E-state index is 5.85. The van der Waals surface area contributed by atoms with E-state index in [-0.39, 0.29) is 6.10 Å². The molecule has 1 aromatic carbocycles. The molecule has 1 unspecified atom stereocenters. The van der Waals surface area contributed by atoms with Crippen LogP contribution in [-0.4, -0.2) is 38.7 Å². The molecule has 0 aromatic heterocycles. The Kier molecular flexibility index (Phi) is 5.45. The first-order valence-electron chi connectivity index (χ1n) is 6.12. The van der Waals surface area contributed by atoms with E-state index in [9.17, 15) is 0 Å². The lowest BCUT2D eigenvalue weighted by molar-refractivity contribution is 0.235. The Labute approximate surface area is 105 Å². The van der Waals surface area contributed by atoms with Gasteiger partial charge in [-0.15, -0.1) is 0 Å². The lowest BCUT2D eigenvalue weighted by Crippen LogP contribution is -2.29. The van der Waals surface area contributed by atoms with Crippen LogP contribution < -0.4 is 10.1 Å². The molecule has 0 saturated heterocycles. The number of likely N-dealkylation sites (N-methyl/N-ethyl adjacent to an activating group) is 2. The first-order valence-corrected chi connectivity index (χ1v) is 6.12. The number of rotatable bonds is 6. The number of ether oxygens (including phenoxy) is 1. The van der Waals surface area contributed by atoms with E-state index in [2.05, 4.69) is 50.3 Å². The minimum absolute atomic E-state index is 0.202. The van der Waals surface area contributed by atoms with Gasteiger partial charge < -0.3 is 15.0 Å². The van der Waals surface area contributed by atoms with Gasteiger partial charge in [0.05, 0.1) is 6.10 Å². The third-order valence-corrected chi connectivity index (χ3v) is 2.55. The quantitative estimate of drug-likeness (QED) is 0.820. The maximum atomic E-state index is 5.85. The van der Waals surface area contributed by atoms with Gasteiger partial charge in [-0.25, -0.2) is 0 Å². The van der Waals surface area contributed by atoms with Gasteiger partial charge >= 0.3 is 0 Å². The second-order valence-electron chi connectivity index (χ2n) is 4.81. The highest BCUT2D eigenvalue weighted by atomic mass is 16.5. The Balaban J connectivity index is 2.93. The van der Waals surface area contributed by atoms with E-state index in [4.69, 9.17) is 4.74 Å². The number of hydrogen-bond acceptors (Lipinski definition) is 3. The van der Waals surface area contributed by atoms with E-state index in [1.165, 1.54) is 5.56 Å². The van der Waals surface area contributed by atoms with E-state index in [0.29, 0.717) is 6.04 Å². The molecule has 0 aliphatic rings. The third kappa shape index (κ3) is 4.36. The largest absolute Gasteiger partial charge is 0.491 e. The van der Waals surface area contributed by atoms with Crippen LogP contribution in [0.4, 0.5) is 0 Å². The van der Waals surface area contributed by atoms with Crippen molar-refractivity contribution < 1.29 is 4.74 Å². The number of benzene rings is 1. The fourth-order valence-electron chi connectivity index (χ4n) is 1.84. The third-order valence-electron chi connectivity index (χ3n) is 2.55. The average molecular weight is 236 g/mol. The summed E-state index contributed by atoms with van der Waals surface area (Å²) < 4.78 is 5.85. The molecule has 1 N–H and O–H groups in total. The van der Waals surface area contributed by atoms with Crippen molar-refractivity contribution in [1.82, 2.24) is 10.2 Å². The van der Waals surface area contributed by atoms with Crippen LogP contribution in [0.3, 0.4) is 0 Å². The summed E-state index contributed by atoms with van der Waals surface area (Å²) in [6.07, 6.45) is 0.202. The monoisotopic (exact) mass is 236 g/mol. The normalized spacial score (nSPS) is 13.1. The van der Waals surface area contributed by atoms with Crippen LogP contribution in [0.25, 0.3) is 0 Å². The number of nitrogens with one attached hydrogen (secondary N) is 1. The fourth-order valence-corrected chi connectivity index (χ4v) is 1.84. The molecule has 0 bridgehead atoms. The van der Waals surface area contributed by atoms with Crippen LogP contribution in [0.2, 0.25) is 0 Å². The Morgan fingerprint density at radius 1 is 1.24 bits per heavy atom. The zero-order chi connectivity index (χ0) is 12.8. The van der Waals surface area contributed by atoms with Crippen molar-refractivity contribution in [2.45, 2.75) is 26.0 Å². The van der Waals surface area contributed by atoms with Crippen LogP contribution >= 0.6 is 0 Å². The fraction of sp³-hybridized carbons (Fsp3) is 0.571. The SMILES string of the molecule is CNC(CN(C)C)c1ccccc1OC(C)C. The molecule has 0 heterocycles. The van der Waals surface area contributed by atoms with Crippen molar-refractivity contribution in [1.29, 1.82) is 0 Å². The molecular formula is C14H24N2O. The van der Waals surface area contributed by atoms with Crippen molar-refractivity contribution in [2.75, 3.05) is 27.7 Å². The zero-order valence-electron chi connectivity index (χ0n) is 11.5. The van der Waals surface area contributed by atoms with Gasteiger partial charge in [0.1, 0.15) is 5.75 Å². The molecule has 0 spiro atoms. The summed E-state index contributed by atoms with van der Waals surface area (Å²) >= 11 is 0. The predicted octanol–water partition coefficient (Wildman–Crippen LogP) is 2.30. The molecule has 3 nitrogen and oxygen atoms in total. The van der Waals surface area contributed by atoms with Crippen LogP contribution in [0, 0.1) is 0 Å². The van der Waals surface area contributed by atoms with Crippen molar-refractivity contribution in [2.24, 2.45) is 0 Å². The van der Waals surface area contributed by atoms with E-state index in [1.807, 2.05) is 19.2 Å². The van der Waals surface area contributed by atoms with Gasteiger partial charge in [0.25, 0.3) is 0 Å². The van der Waals surface area contributed by atoms with E-state index >= 15 is 0 Å². The predicted molar refractivity (Wildman–Crippen MR) is 72.6 cm³/mol. The van der Waals surface area contributed by atoms with Gasteiger partial charge in [-0.2, -0.15) is 0 Å². The Hall–Kier alpha value is -1.06. The Morgan fingerprint density at radius 3 is 2.41 bits per heavy atom. The van der Waals surface area contributed by atoms with E-state index in [1.54, 1.807) is 0 Å². The Bertz CT molecular complexity index is 337. The molecule has 0 aliphatic carbocycles. The van der Waals surface area contributed by atoms with Crippen molar-refractivity contribution in [3.63, 3.8) is 0 Å². The second-order valence-corrected chi connectivity index (χ2v) is 4.81. The highest BCUT2D eigenvalue weighted by Gasteiger charge is 2.15. The summed E-state index contributed by atoms with van der Waals surface area (Å²) in [5.41, 5.74) is 1.22. The zero-order valence-corrected chi connectivity index (χ0v) is 11.5. The van der Waals surface area contributed by atoms with Gasteiger partial charge in [-0.05, 0) is 41.1 Å². The maximum Gasteiger partial charge on any atom is 0.124 e. The minimum Gasteiger partial charge on any atom is -0.491 e. The smallest absolute Gasteiger partial charge is 0.124 e. The molecule has 0 fully saturated rings. The molecule has 1 atom stereocenters. The summed E-state index contributed by atoms with van der Waals surface area (Å²) in [4.78, 5) is 2.17. The molecule has 0 amide bonds. The average Bonchev–Trinajstić information content (AvgIpc) is 2.26. The van der Waals surface area contributed by atoms with E-state index < -0.39 is 0 Å². The van der Waals surface area contributed by atoms with Crippen LogP contribution in [0.1, 0.15) is 25.5 Å². The van der Waals surface area contributed by atoms with Crippen LogP contribution in [0.5, 0.6) is 5.75 Å². The standard InChI is InChI=1S/C14H24N2O/c1-11(2)17-14-9-7-6-8-12(14)13(15-3)10-16(4)5/h6-9,11,13,15H,10H2,1-5H3. The van der Waals surface area contributed by atoms with Gasteiger partial charge in [0, 0.05) is 18.2 Å². The molecule has 0 saturated carbocycles. The van der Waals surface area contributed by atoms with Crippen molar-refractivity contribution >= 4 is 0 Å². The highest BCUT2D eigenvalue weighted by Crippen LogP contribution is 2.26. The van der Waals surface area contributed by atoms with E-state index in [0.717, 1.165) is 12.3 Å². The summed E-state index contributed by atoms with van der Waals surface area (Å²) in [6.45, 7) is 5.06. The van der Waals surface area contributed by atoms with Gasteiger partial charge in [-0.3, -0.25) is 0 Å². The Morgan fingerprint density at radius 2 is 1.88 bits per heavy atom. The minimum atomic E-state index is 0.202. The molecule has 0 aliphatic heterocycles. The van der Waals surface area contributed by atoms with Crippen LogP contribution in [0.15, 0.2) is 24.3 Å². The van der Waals surface area contributed by atoms with Gasteiger partial charge in [0.2, 0.25) is 0 Å². The lowest BCUT2D eigenvalue weighted by atomic mass is 10.1. The number of nitrogens with zero attached hydrogens (tertiary/aromatic N) is 1. The summed E-state index contributed by atoms with van der Waals surface area (Å²) in [7, 11) is 6.15. The lowest BCUT2D eigenvalue weighted by Gasteiger charge is -2.24. The summed E-state index contributed by atoms with van der Waals surface area (Å²) in [6, 6.07) is 8.53. The van der Waals surface area contributed by atoms with Gasteiger partial charge in [0.15, 0.2) is 0 Å². The first-order chi connectivity index (χ1) is 8.04. The van der Waals surface area contributed by atoms with Gasteiger partial charge in [-0.1, -0.05) is 18.2 Å². The number of hydrogen-bond donors (Lipinski definition) is 1. The topological polar surface area (TPSA) is 24.5 Å². The van der Waals surface area contributed by atoms with Crippen molar-refractivity contribution in [3.05, 3.63) is 29.8 Å². The summed E-state index contributed by atoms with van der Waals surface area (Å²) in [5.74, 6) is 0.976. The van der Waals surface area contributed by atoms with Crippen LogP contribution in [-0.2, 0) is 0 Å².